The number of amides is 3. The van der Waals surface area contributed by atoms with Gasteiger partial charge >= 0.3 is 5.97 Å². The zero-order valence-electron chi connectivity index (χ0n) is 21.3. The minimum absolute atomic E-state index is 0.00813. The van der Waals surface area contributed by atoms with Crippen molar-refractivity contribution in [1.82, 2.24) is 16.0 Å². The lowest BCUT2D eigenvalue weighted by Crippen LogP contribution is -2.57. The molecule has 0 saturated carbocycles. The maximum Gasteiger partial charge on any atom is 0.309 e. The Hall–Kier alpha value is -2.40. The van der Waals surface area contributed by atoms with Crippen LogP contribution in [0.1, 0.15) is 60.8 Å². The molecule has 1 heterocycles. The standard InChI is InChI=1S/C24H39N3O7S/c1-13(2)21-18(29)12-20(31)34-17(9-7-8-10-35-16(6)28)11-19(30)26-22(14(3)4)24(33)25-15(5)23(32)27-21/h7,9,13-15,17-18,21-22,29H,8,10-12H2,1-6H3,(H,25,33)(H,26,30)(H,27,32)/b9-7+/t15-,17-,18+,21-,22-/m1/s1. The molecule has 4 N–H and O–H groups in total. The molecule has 11 heteroatoms. The quantitative estimate of drug-likeness (QED) is 0.234. The van der Waals surface area contributed by atoms with Crippen LogP contribution in [0.5, 0.6) is 0 Å². The van der Waals surface area contributed by atoms with Crippen LogP contribution < -0.4 is 16.0 Å². The van der Waals surface area contributed by atoms with Crippen LogP contribution in [0.15, 0.2) is 12.2 Å². The number of nitrogens with one attached hydrogen (secondary N) is 3. The van der Waals surface area contributed by atoms with Gasteiger partial charge in [0.25, 0.3) is 0 Å². The van der Waals surface area contributed by atoms with Gasteiger partial charge in [-0.2, -0.15) is 0 Å². The zero-order chi connectivity index (χ0) is 26.7. The minimum Gasteiger partial charge on any atom is -0.457 e. The Morgan fingerprint density at radius 3 is 2.29 bits per heavy atom. The summed E-state index contributed by atoms with van der Waals surface area (Å²) in [6, 6.07) is -2.57. The largest absolute Gasteiger partial charge is 0.457 e. The van der Waals surface area contributed by atoms with Crippen LogP contribution in [-0.2, 0) is 28.7 Å². The van der Waals surface area contributed by atoms with Gasteiger partial charge in [-0.3, -0.25) is 24.0 Å². The third kappa shape index (κ3) is 11.3. The van der Waals surface area contributed by atoms with Crippen LogP contribution in [0, 0.1) is 11.8 Å². The number of rotatable bonds is 6. The second-order valence-corrected chi connectivity index (χ2v) is 10.6. The van der Waals surface area contributed by atoms with E-state index in [1.54, 1.807) is 39.8 Å². The van der Waals surface area contributed by atoms with Crippen molar-refractivity contribution in [2.45, 2.75) is 91.1 Å². The second-order valence-electron chi connectivity index (χ2n) is 9.36. The van der Waals surface area contributed by atoms with Gasteiger partial charge in [-0.1, -0.05) is 45.5 Å². The molecule has 3 amide bonds. The summed E-state index contributed by atoms with van der Waals surface area (Å²) in [5, 5.41) is 18.6. The van der Waals surface area contributed by atoms with Crippen molar-refractivity contribution < 1.29 is 33.8 Å². The van der Waals surface area contributed by atoms with E-state index in [-0.39, 0.29) is 29.8 Å². The first-order valence-corrected chi connectivity index (χ1v) is 12.9. The van der Waals surface area contributed by atoms with E-state index >= 15 is 0 Å². The summed E-state index contributed by atoms with van der Waals surface area (Å²) in [6.07, 6.45) is 1.05. The van der Waals surface area contributed by atoms with Crippen molar-refractivity contribution in [3.8, 4) is 0 Å². The van der Waals surface area contributed by atoms with Crippen molar-refractivity contribution in [2.75, 3.05) is 5.75 Å². The highest BCUT2D eigenvalue weighted by Crippen LogP contribution is 2.14. The molecule has 0 unspecified atom stereocenters. The molecule has 1 aliphatic rings. The summed E-state index contributed by atoms with van der Waals surface area (Å²) in [4.78, 5) is 61.9. The molecule has 10 nitrogen and oxygen atoms in total. The molecule has 0 aromatic rings. The van der Waals surface area contributed by atoms with Gasteiger partial charge in [0, 0.05) is 12.7 Å². The first-order valence-electron chi connectivity index (χ1n) is 11.9. The Morgan fingerprint density at radius 1 is 1.06 bits per heavy atom. The lowest BCUT2D eigenvalue weighted by Gasteiger charge is -2.29. The number of cyclic esters (lactones) is 1. The van der Waals surface area contributed by atoms with Gasteiger partial charge in [-0.15, -0.1) is 0 Å². The zero-order valence-corrected chi connectivity index (χ0v) is 22.1. The number of aliphatic hydroxyl groups is 1. The highest BCUT2D eigenvalue weighted by atomic mass is 32.2. The van der Waals surface area contributed by atoms with Gasteiger partial charge < -0.3 is 25.8 Å². The Kier molecular flexibility index (Phi) is 13.0. The average Bonchev–Trinajstić information content (AvgIpc) is 2.73. The average molecular weight is 514 g/mol. The van der Waals surface area contributed by atoms with Gasteiger partial charge in [0.15, 0.2) is 5.12 Å². The van der Waals surface area contributed by atoms with E-state index in [9.17, 15) is 29.1 Å². The van der Waals surface area contributed by atoms with Crippen molar-refractivity contribution in [3.63, 3.8) is 0 Å². The number of aliphatic hydroxyl groups excluding tert-OH is 1. The third-order valence-electron chi connectivity index (χ3n) is 5.45. The Balaban J connectivity index is 3.18. The SMILES string of the molecule is CC(=O)SCC/C=C/[C@@H]1CC(=O)N[C@H](C(C)C)C(=O)N[C@H](C)C(=O)N[C@H](C(C)C)[C@@H](O)CC(=O)O1. The van der Waals surface area contributed by atoms with Gasteiger partial charge in [0.05, 0.1) is 25.0 Å². The molecule has 198 valence electrons. The Morgan fingerprint density at radius 2 is 1.71 bits per heavy atom. The van der Waals surface area contributed by atoms with E-state index in [0.717, 1.165) is 11.8 Å². The fourth-order valence-electron chi connectivity index (χ4n) is 3.50. The molecule has 0 aromatic carbocycles. The van der Waals surface area contributed by atoms with Gasteiger partial charge in [0.2, 0.25) is 17.7 Å². The lowest BCUT2D eigenvalue weighted by atomic mass is 9.96. The number of thioether (sulfide) groups is 1. The van der Waals surface area contributed by atoms with Crippen LogP contribution in [0.3, 0.4) is 0 Å². The fraction of sp³-hybridized carbons (Fsp3) is 0.708. The van der Waals surface area contributed by atoms with E-state index in [1.807, 2.05) is 0 Å². The highest BCUT2D eigenvalue weighted by Gasteiger charge is 2.32. The molecular formula is C24H39N3O7S. The predicted molar refractivity (Wildman–Crippen MR) is 133 cm³/mol. The van der Waals surface area contributed by atoms with E-state index in [4.69, 9.17) is 4.74 Å². The summed E-state index contributed by atoms with van der Waals surface area (Å²) in [7, 11) is 0. The molecule has 35 heavy (non-hydrogen) atoms. The molecule has 1 saturated heterocycles. The van der Waals surface area contributed by atoms with E-state index < -0.39 is 54.0 Å². The lowest BCUT2D eigenvalue weighted by molar-refractivity contribution is -0.151. The summed E-state index contributed by atoms with van der Waals surface area (Å²) < 4.78 is 5.46. The smallest absolute Gasteiger partial charge is 0.309 e. The van der Waals surface area contributed by atoms with Crippen LogP contribution in [0.2, 0.25) is 0 Å². The molecule has 0 radical (unpaired) electrons. The molecule has 0 aliphatic carbocycles. The Labute approximate surface area is 211 Å². The normalized spacial score (nSPS) is 27.6. The van der Waals surface area contributed by atoms with Crippen LogP contribution >= 0.6 is 11.8 Å². The molecule has 0 aromatic heterocycles. The molecule has 1 rings (SSSR count). The fourth-order valence-corrected chi connectivity index (χ4v) is 4.04. The van der Waals surface area contributed by atoms with E-state index in [2.05, 4.69) is 16.0 Å². The van der Waals surface area contributed by atoms with Gasteiger partial charge in [-0.25, -0.2) is 0 Å². The monoisotopic (exact) mass is 513 g/mol. The van der Waals surface area contributed by atoms with E-state index in [0.29, 0.717) is 12.2 Å². The maximum absolute atomic E-state index is 12.8. The van der Waals surface area contributed by atoms with Gasteiger partial charge in [0.1, 0.15) is 18.2 Å². The summed E-state index contributed by atoms with van der Waals surface area (Å²) in [5.41, 5.74) is 0. The third-order valence-corrected chi connectivity index (χ3v) is 6.29. The van der Waals surface area contributed by atoms with Crippen molar-refractivity contribution in [1.29, 1.82) is 0 Å². The van der Waals surface area contributed by atoms with Crippen LogP contribution in [-0.4, -0.2) is 70.0 Å². The second kappa shape index (κ2) is 14.9. The van der Waals surface area contributed by atoms with Crippen molar-refractivity contribution >= 4 is 40.6 Å². The molecular weight excluding hydrogens is 474 g/mol. The van der Waals surface area contributed by atoms with Crippen molar-refractivity contribution in [3.05, 3.63) is 12.2 Å². The number of carbonyl (C=O) groups excluding carboxylic acids is 5. The Bertz CT molecular complexity index is 800. The summed E-state index contributed by atoms with van der Waals surface area (Å²) in [6.45, 7) is 10.1. The summed E-state index contributed by atoms with van der Waals surface area (Å²) >= 11 is 1.16. The summed E-state index contributed by atoms with van der Waals surface area (Å²) in [5.74, 6) is -2.20. The topological polar surface area (TPSA) is 151 Å². The number of esters is 1. The number of hydrogen-bond acceptors (Lipinski definition) is 8. The minimum atomic E-state index is -1.23. The highest BCUT2D eigenvalue weighted by molar-refractivity contribution is 8.13. The molecule has 1 fully saturated rings. The number of hydrogen-bond donors (Lipinski definition) is 4. The van der Waals surface area contributed by atoms with Gasteiger partial charge in [-0.05, 0) is 31.3 Å². The molecule has 0 spiro atoms. The molecule has 1 aliphatic heterocycles. The first kappa shape index (κ1) is 30.6. The number of ether oxygens (including phenoxy) is 1. The van der Waals surface area contributed by atoms with E-state index in [1.165, 1.54) is 13.8 Å². The van der Waals surface area contributed by atoms with Crippen molar-refractivity contribution in [2.24, 2.45) is 11.8 Å². The van der Waals surface area contributed by atoms with Crippen LogP contribution in [0.4, 0.5) is 0 Å². The maximum atomic E-state index is 12.8. The molecule has 0 bridgehead atoms. The van der Waals surface area contributed by atoms with Crippen LogP contribution in [0.25, 0.3) is 0 Å². The predicted octanol–water partition coefficient (Wildman–Crippen LogP) is 1.07. The first-order chi connectivity index (χ1) is 16.3. The number of carbonyl (C=O) groups is 5. The molecule has 5 atom stereocenters. The number of allylic oxidation sites excluding steroid dienone is 1.